The summed E-state index contributed by atoms with van der Waals surface area (Å²) in [6.45, 7) is 4.06. The number of anilines is 1. The third-order valence-corrected chi connectivity index (χ3v) is 3.25. The number of hydrogen-bond donors (Lipinski definition) is 2. The van der Waals surface area contributed by atoms with Crippen LogP contribution in [0, 0.1) is 12.7 Å². The van der Waals surface area contributed by atoms with Gasteiger partial charge >= 0.3 is 0 Å². The maximum atomic E-state index is 13.1. The molecule has 0 radical (unpaired) electrons. The van der Waals surface area contributed by atoms with Crippen molar-refractivity contribution in [2.24, 2.45) is 0 Å². The first-order valence-corrected chi connectivity index (χ1v) is 6.90. The van der Waals surface area contributed by atoms with E-state index in [0.29, 0.717) is 0 Å². The van der Waals surface area contributed by atoms with Crippen LogP contribution in [0.5, 0.6) is 0 Å². The maximum Gasteiger partial charge on any atom is 0.238 e. The second-order valence-electron chi connectivity index (χ2n) is 5.07. The molecule has 3 nitrogen and oxygen atoms in total. The second kappa shape index (κ2) is 6.99. The van der Waals surface area contributed by atoms with Gasteiger partial charge in [0.15, 0.2) is 0 Å². The minimum absolute atomic E-state index is 0.0931. The molecule has 2 aromatic rings. The van der Waals surface area contributed by atoms with Crippen LogP contribution >= 0.6 is 0 Å². The zero-order valence-corrected chi connectivity index (χ0v) is 12.2. The van der Waals surface area contributed by atoms with Gasteiger partial charge in [-0.1, -0.05) is 29.8 Å². The van der Waals surface area contributed by atoms with Crippen LogP contribution in [-0.4, -0.2) is 12.5 Å². The van der Waals surface area contributed by atoms with Crippen molar-refractivity contribution < 1.29 is 9.18 Å². The van der Waals surface area contributed by atoms with E-state index in [1.807, 2.05) is 44.2 Å². The summed E-state index contributed by atoms with van der Waals surface area (Å²) >= 11 is 0. The van der Waals surface area contributed by atoms with Crippen LogP contribution in [0.25, 0.3) is 0 Å². The van der Waals surface area contributed by atoms with Gasteiger partial charge in [-0.3, -0.25) is 4.79 Å². The number of nitrogens with one attached hydrogen (secondary N) is 2. The summed E-state index contributed by atoms with van der Waals surface area (Å²) < 4.78 is 13.1. The molecule has 4 heteroatoms. The summed E-state index contributed by atoms with van der Waals surface area (Å²) in [6.07, 6.45) is 0. The molecular formula is C17H19FN2O. The fourth-order valence-electron chi connectivity index (χ4n) is 1.98. The summed E-state index contributed by atoms with van der Waals surface area (Å²) in [5.74, 6) is -0.396. The SMILES string of the molecule is Cc1ccc(NC(=O)CNC(C)c2cccc(F)c2)cc1. The van der Waals surface area contributed by atoms with Gasteiger partial charge in [0.2, 0.25) is 5.91 Å². The Labute approximate surface area is 124 Å². The average Bonchev–Trinajstić information content (AvgIpc) is 2.47. The Bertz CT molecular complexity index is 610. The number of hydrogen-bond acceptors (Lipinski definition) is 2. The van der Waals surface area contributed by atoms with Crippen molar-refractivity contribution in [3.05, 3.63) is 65.5 Å². The van der Waals surface area contributed by atoms with Crippen LogP contribution in [0.3, 0.4) is 0 Å². The van der Waals surface area contributed by atoms with Gasteiger partial charge in [-0.05, 0) is 43.7 Å². The Balaban J connectivity index is 1.84. The molecule has 0 heterocycles. The third kappa shape index (κ3) is 4.68. The number of carbonyl (C=O) groups excluding carboxylic acids is 1. The van der Waals surface area contributed by atoms with Crippen LogP contribution < -0.4 is 10.6 Å². The average molecular weight is 286 g/mol. The minimum Gasteiger partial charge on any atom is -0.325 e. The number of benzene rings is 2. The predicted octanol–water partition coefficient (Wildman–Crippen LogP) is 3.42. The van der Waals surface area contributed by atoms with E-state index in [2.05, 4.69) is 10.6 Å². The fourth-order valence-corrected chi connectivity index (χ4v) is 1.98. The molecule has 1 atom stereocenters. The van der Waals surface area contributed by atoms with E-state index in [4.69, 9.17) is 0 Å². The molecule has 110 valence electrons. The van der Waals surface area contributed by atoms with Crippen molar-refractivity contribution in [1.29, 1.82) is 0 Å². The van der Waals surface area contributed by atoms with Crippen molar-refractivity contribution in [3.63, 3.8) is 0 Å². The predicted molar refractivity (Wildman–Crippen MR) is 82.6 cm³/mol. The number of halogens is 1. The first-order chi connectivity index (χ1) is 10.0. The van der Waals surface area contributed by atoms with Gasteiger partial charge < -0.3 is 10.6 Å². The second-order valence-corrected chi connectivity index (χ2v) is 5.07. The highest BCUT2D eigenvalue weighted by molar-refractivity contribution is 5.92. The Morgan fingerprint density at radius 3 is 2.57 bits per heavy atom. The topological polar surface area (TPSA) is 41.1 Å². The van der Waals surface area contributed by atoms with Gasteiger partial charge in [0.25, 0.3) is 0 Å². The molecule has 0 spiro atoms. The summed E-state index contributed by atoms with van der Waals surface area (Å²) in [4.78, 5) is 11.9. The third-order valence-electron chi connectivity index (χ3n) is 3.25. The van der Waals surface area contributed by atoms with E-state index in [9.17, 15) is 9.18 Å². The summed E-state index contributed by atoms with van der Waals surface area (Å²) in [6, 6.07) is 13.9. The Morgan fingerprint density at radius 1 is 1.19 bits per heavy atom. The zero-order chi connectivity index (χ0) is 15.2. The number of carbonyl (C=O) groups is 1. The van der Waals surface area contributed by atoms with Gasteiger partial charge in [-0.2, -0.15) is 0 Å². The highest BCUT2D eigenvalue weighted by Crippen LogP contribution is 2.13. The smallest absolute Gasteiger partial charge is 0.238 e. The molecule has 2 aromatic carbocycles. The standard InChI is InChI=1S/C17H19FN2O/c1-12-6-8-16(9-7-12)20-17(21)11-19-13(2)14-4-3-5-15(18)10-14/h3-10,13,19H,11H2,1-2H3,(H,20,21). The van der Waals surface area contributed by atoms with Crippen molar-refractivity contribution in [2.45, 2.75) is 19.9 Å². The van der Waals surface area contributed by atoms with E-state index in [-0.39, 0.29) is 24.3 Å². The quantitative estimate of drug-likeness (QED) is 0.884. The molecule has 2 rings (SSSR count). The van der Waals surface area contributed by atoms with Crippen molar-refractivity contribution >= 4 is 11.6 Å². The first kappa shape index (κ1) is 15.2. The van der Waals surface area contributed by atoms with Gasteiger partial charge in [0, 0.05) is 11.7 Å². The molecule has 0 saturated carbocycles. The lowest BCUT2D eigenvalue weighted by molar-refractivity contribution is -0.115. The Hall–Kier alpha value is -2.20. The molecule has 1 amide bonds. The normalized spacial score (nSPS) is 12.0. The molecule has 0 aliphatic heterocycles. The van der Waals surface area contributed by atoms with Crippen molar-refractivity contribution in [3.8, 4) is 0 Å². The number of aryl methyl sites for hydroxylation is 1. The van der Waals surface area contributed by atoms with E-state index in [1.165, 1.54) is 12.1 Å². The van der Waals surface area contributed by atoms with Gasteiger partial charge in [0.1, 0.15) is 5.82 Å². The molecule has 0 aliphatic carbocycles. The Morgan fingerprint density at radius 2 is 1.90 bits per heavy atom. The van der Waals surface area contributed by atoms with Crippen LogP contribution in [0.15, 0.2) is 48.5 Å². The van der Waals surface area contributed by atoms with Crippen molar-refractivity contribution in [2.75, 3.05) is 11.9 Å². The monoisotopic (exact) mass is 286 g/mol. The lowest BCUT2D eigenvalue weighted by Crippen LogP contribution is -2.30. The first-order valence-electron chi connectivity index (χ1n) is 6.90. The van der Waals surface area contributed by atoms with E-state index >= 15 is 0 Å². The largest absolute Gasteiger partial charge is 0.325 e. The molecule has 0 aliphatic rings. The van der Waals surface area contributed by atoms with E-state index < -0.39 is 0 Å². The van der Waals surface area contributed by atoms with E-state index in [0.717, 1.165) is 16.8 Å². The van der Waals surface area contributed by atoms with Gasteiger partial charge in [0.05, 0.1) is 6.54 Å². The Kier molecular flexibility index (Phi) is 5.06. The molecule has 0 saturated heterocycles. The lowest BCUT2D eigenvalue weighted by atomic mass is 10.1. The van der Waals surface area contributed by atoms with Crippen LogP contribution in [-0.2, 0) is 4.79 Å². The number of rotatable bonds is 5. The molecule has 0 bridgehead atoms. The van der Waals surface area contributed by atoms with E-state index in [1.54, 1.807) is 6.07 Å². The fraction of sp³-hybridized carbons (Fsp3) is 0.235. The minimum atomic E-state index is -0.273. The van der Waals surface area contributed by atoms with Crippen LogP contribution in [0.2, 0.25) is 0 Å². The highest BCUT2D eigenvalue weighted by Gasteiger charge is 2.08. The molecule has 21 heavy (non-hydrogen) atoms. The summed E-state index contributed by atoms with van der Waals surface area (Å²) in [5.41, 5.74) is 2.73. The molecule has 0 fully saturated rings. The molecule has 2 N–H and O–H groups in total. The molecule has 1 unspecified atom stereocenters. The van der Waals surface area contributed by atoms with Gasteiger partial charge in [-0.15, -0.1) is 0 Å². The van der Waals surface area contributed by atoms with Gasteiger partial charge in [-0.25, -0.2) is 4.39 Å². The zero-order valence-electron chi connectivity index (χ0n) is 12.2. The maximum absolute atomic E-state index is 13.1. The lowest BCUT2D eigenvalue weighted by Gasteiger charge is -2.14. The van der Waals surface area contributed by atoms with Crippen LogP contribution in [0.1, 0.15) is 24.1 Å². The molecule has 0 aromatic heterocycles. The van der Waals surface area contributed by atoms with Crippen LogP contribution in [0.4, 0.5) is 10.1 Å². The van der Waals surface area contributed by atoms with Crippen molar-refractivity contribution in [1.82, 2.24) is 5.32 Å². The summed E-state index contributed by atoms with van der Waals surface area (Å²) in [5, 5.41) is 5.89. The highest BCUT2D eigenvalue weighted by atomic mass is 19.1. The number of amides is 1. The summed E-state index contributed by atoms with van der Waals surface area (Å²) in [7, 11) is 0. The molecular weight excluding hydrogens is 267 g/mol.